The van der Waals surface area contributed by atoms with Crippen LogP contribution in [0.4, 0.5) is 0 Å². The van der Waals surface area contributed by atoms with E-state index in [4.69, 9.17) is 16.7 Å². The molecule has 2 atom stereocenters. The molecule has 1 unspecified atom stereocenters. The van der Waals surface area contributed by atoms with Gasteiger partial charge in [0.1, 0.15) is 0 Å². The van der Waals surface area contributed by atoms with E-state index < -0.39 is 11.9 Å². The first-order valence-corrected chi connectivity index (χ1v) is 8.17. The van der Waals surface area contributed by atoms with Gasteiger partial charge >= 0.3 is 5.97 Å². The number of rotatable bonds is 4. The van der Waals surface area contributed by atoms with Gasteiger partial charge in [-0.3, -0.25) is 9.59 Å². The van der Waals surface area contributed by atoms with Crippen molar-refractivity contribution in [2.45, 2.75) is 29.9 Å². The number of nitrogens with zero attached hydrogens (tertiary/aromatic N) is 1. The van der Waals surface area contributed by atoms with E-state index in [1.807, 2.05) is 25.1 Å². The van der Waals surface area contributed by atoms with Gasteiger partial charge in [-0.2, -0.15) is 0 Å². The molecule has 21 heavy (non-hydrogen) atoms. The smallest absolute Gasteiger partial charge is 0.308 e. The van der Waals surface area contributed by atoms with Crippen molar-refractivity contribution in [3.05, 3.63) is 29.3 Å². The van der Waals surface area contributed by atoms with E-state index in [1.165, 1.54) is 11.8 Å². The molecule has 1 saturated heterocycles. The quantitative estimate of drug-likeness (QED) is 0.863. The summed E-state index contributed by atoms with van der Waals surface area (Å²) in [4.78, 5) is 26.0. The minimum atomic E-state index is -0.820. The van der Waals surface area contributed by atoms with Crippen molar-refractivity contribution in [3.8, 4) is 0 Å². The number of benzene rings is 1. The van der Waals surface area contributed by atoms with Crippen LogP contribution >= 0.6 is 23.4 Å². The molecule has 1 fully saturated rings. The molecule has 2 rings (SSSR count). The minimum absolute atomic E-state index is 0.0223. The third-order valence-electron chi connectivity index (χ3n) is 3.57. The van der Waals surface area contributed by atoms with E-state index in [0.717, 1.165) is 11.3 Å². The molecule has 1 aromatic rings. The van der Waals surface area contributed by atoms with Gasteiger partial charge in [-0.1, -0.05) is 23.7 Å². The van der Waals surface area contributed by atoms with Gasteiger partial charge in [0.05, 0.1) is 16.2 Å². The zero-order valence-electron chi connectivity index (χ0n) is 11.8. The van der Waals surface area contributed by atoms with E-state index in [1.54, 1.807) is 11.0 Å². The summed E-state index contributed by atoms with van der Waals surface area (Å²) in [5, 5.41) is 9.44. The Balaban J connectivity index is 1.99. The predicted octanol–water partition coefficient (Wildman–Crippen LogP) is 3.14. The molecule has 4 nitrogen and oxygen atoms in total. The fourth-order valence-corrected chi connectivity index (χ4v) is 3.66. The number of carbonyl (C=O) groups excluding carboxylic acids is 1. The molecule has 1 aliphatic heterocycles. The molecule has 1 heterocycles. The fraction of sp³-hybridized carbons (Fsp3) is 0.467. The summed E-state index contributed by atoms with van der Waals surface area (Å²) >= 11 is 7.51. The molecule has 114 valence electrons. The van der Waals surface area contributed by atoms with Gasteiger partial charge in [-0.25, -0.2) is 0 Å². The van der Waals surface area contributed by atoms with Gasteiger partial charge in [0, 0.05) is 18.0 Å². The molecule has 1 aromatic carbocycles. The van der Waals surface area contributed by atoms with Crippen molar-refractivity contribution in [1.29, 1.82) is 0 Å². The lowest BCUT2D eigenvalue weighted by Gasteiger charge is -2.32. The number of carboxylic acid groups (broad SMARTS) is 1. The van der Waals surface area contributed by atoms with Crippen LogP contribution in [0.2, 0.25) is 5.02 Å². The number of aliphatic carboxylic acids is 1. The van der Waals surface area contributed by atoms with Crippen LogP contribution in [0.5, 0.6) is 0 Å². The molecule has 0 bridgehead atoms. The highest BCUT2D eigenvalue weighted by atomic mass is 35.5. The Morgan fingerprint density at radius 2 is 2.14 bits per heavy atom. The van der Waals surface area contributed by atoms with Crippen molar-refractivity contribution in [2.24, 2.45) is 5.92 Å². The number of hydrogen-bond donors (Lipinski definition) is 1. The van der Waals surface area contributed by atoms with Gasteiger partial charge in [-0.15, -0.1) is 11.8 Å². The zero-order chi connectivity index (χ0) is 15.4. The number of amides is 1. The van der Waals surface area contributed by atoms with Gasteiger partial charge in [0.25, 0.3) is 0 Å². The van der Waals surface area contributed by atoms with Crippen LogP contribution in [0.15, 0.2) is 29.2 Å². The Hall–Kier alpha value is -1.20. The molecular weight excluding hydrogens is 310 g/mol. The summed E-state index contributed by atoms with van der Waals surface area (Å²) in [5.74, 6) is -1.29. The van der Waals surface area contributed by atoms with Gasteiger partial charge in [-0.05, 0) is 31.9 Å². The highest BCUT2D eigenvalue weighted by Crippen LogP contribution is 2.31. The predicted molar refractivity (Wildman–Crippen MR) is 83.7 cm³/mol. The lowest BCUT2D eigenvalue weighted by molar-refractivity contribution is -0.145. The van der Waals surface area contributed by atoms with Gasteiger partial charge in [0.2, 0.25) is 5.91 Å². The molecule has 0 aromatic heterocycles. The van der Waals surface area contributed by atoms with Crippen molar-refractivity contribution < 1.29 is 14.7 Å². The monoisotopic (exact) mass is 327 g/mol. The number of halogens is 1. The van der Waals surface area contributed by atoms with Crippen molar-refractivity contribution in [2.75, 3.05) is 13.1 Å². The van der Waals surface area contributed by atoms with E-state index in [0.29, 0.717) is 24.5 Å². The lowest BCUT2D eigenvalue weighted by Crippen LogP contribution is -2.45. The topological polar surface area (TPSA) is 57.6 Å². The summed E-state index contributed by atoms with van der Waals surface area (Å²) in [7, 11) is 0. The Bertz CT molecular complexity index is 537. The Kier molecular flexibility index (Phi) is 5.53. The number of piperidine rings is 1. The maximum absolute atomic E-state index is 12.5. The van der Waals surface area contributed by atoms with Crippen LogP contribution in [0.1, 0.15) is 19.8 Å². The molecule has 1 aliphatic rings. The second-order valence-corrected chi connectivity index (χ2v) is 6.94. The van der Waals surface area contributed by atoms with Crippen LogP contribution in [0.25, 0.3) is 0 Å². The van der Waals surface area contributed by atoms with E-state index in [-0.39, 0.29) is 11.2 Å². The first kappa shape index (κ1) is 16.2. The van der Waals surface area contributed by atoms with E-state index >= 15 is 0 Å². The number of carboxylic acids is 1. The van der Waals surface area contributed by atoms with Crippen LogP contribution in [-0.2, 0) is 9.59 Å². The van der Waals surface area contributed by atoms with Crippen molar-refractivity contribution >= 4 is 35.2 Å². The maximum Gasteiger partial charge on any atom is 0.308 e. The molecule has 6 heteroatoms. The van der Waals surface area contributed by atoms with Crippen LogP contribution in [-0.4, -0.2) is 40.2 Å². The Morgan fingerprint density at radius 1 is 1.43 bits per heavy atom. The number of likely N-dealkylation sites (tertiary alicyclic amines) is 1. The average molecular weight is 328 g/mol. The highest BCUT2D eigenvalue weighted by molar-refractivity contribution is 8.00. The first-order valence-electron chi connectivity index (χ1n) is 6.92. The fourth-order valence-electron chi connectivity index (χ4n) is 2.42. The van der Waals surface area contributed by atoms with Crippen molar-refractivity contribution in [3.63, 3.8) is 0 Å². The lowest BCUT2D eigenvalue weighted by atomic mass is 9.98. The van der Waals surface area contributed by atoms with Crippen molar-refractivity contribution in [1.82, 2.24) is 4.90 Å². The summed E-state index contributed by atoms with van der Waals surface area (Å²) in [6.45, 7) is 2.78. The third kappa shape index (κ3) is 4.14. The summed E-state index contributed by atoms with van der Waals surface area (Å²) in [5.41, 5.74) is 0. The number of hydrogen-bond acceptors (Lipinski definition) is 3. The first-order chi connectivity index (χ1) is 9.99. The molecule has 0 saturated carbocycles. The Labute approximate surface area is 133 Å². The third-order valence-corrected chi connectivity index (χ3v) is 5.18. The Morgan fingerprint density at radius 3 is 2.81 bits per heavy atom. The SMILES string of the molecule is CC(Sc1ccccc1Cl)C(=O)N1CCC[C@H](C(=O)O)C1. The normalized spacial score (nSPS) is 20.1. The molecule has 1 N–H and O–H groups in total. The van der Waals surface area contributed by atoms with Crippen LogP contribution in [0, 0.1) is 5.92 Å². The zero-order valence-corrected chi connectivity index (χ0v) is 13.4. The maximum atomic E-state index is 12.5. The molecule has 0 aliphatic carbocycles. The summed E-state index contributed by atoms with van der Waals surface area (Å²) in [6, 6.07) is 7.41. The summed E-state index contributed by atoms with van der Waals surface area (Å²) in [6.07, 6.45) is 1.39. The van der Waals surface area contributed by atoms with Crippen LogP contribution < -0.4 is 0 Å². The largest absolute Gasteiger partial charge is 0.481 e. The van der Waals surface area contributed by atoms with Gasteiger partial charge in [0.15, 0.2) is 0 Å². The summed E-state index contributed by atoms with van der Waals surface area (Å²) < 4.78 is 0. The number of carbonyl (C=O) groups is 2. The second kappa shape index (κ2) is 7.18. The highest BCUT2D eigenvalue weighted by Gasteiger charge is 2.30. The number of thioether (sulfide) groups is 1. The molecular formula is C15H18ClNO3S. The van der Waals surface area contributed by atoms with Gasteiger partial charge < -0.3 is 10.0 Å². The average Bonchev–Trinajstić information content (AvgIpc) is 2.49. The second-order valence-electron chi connectivity index (χ2n) is 5.15. The van der Waals surface area contributed by atoms with E-state index in [2.05, 4.69) is 0 Å². The van der Waals surface area contributed by atoms with Crippen LogP contribution in [0.3, 0.4) is 0 Å². The standard InChI is InChI=1S/C15H18ClNO3S/c1-10(21-13-7-3-2-6-12(13)16)14(18)17-8-4-5-11(9-17)15(19)20/h2-3,6-7,10-11H,4-5,8-9H2,1H3,(H,19,20)/t10?,11-/m0/s1. The van der Waals surface area contributed by atoms with E-state index in [9.17, 15) is 9.59 Å². The molecule has 0 radical (unpaired) electrons. The molecule has 1 amide bonds. The minimum Gasteiger partial charge on any atom is -0.481 e. The molecule has 0 spiro atoms.